The fourth-order valence-electron chi connectivity index (χ4n) is 1.77. The molecule has 0 amide bonds. The van der Waals surface area contributed by atoms with Crippen molar-refractivity contribution in [3.05, 3.63) is 35.9 Å². The molecule has 1 aliphatic carbocycles. The van der Waals surface area contributed by atoms with Crippen molar-refractivity contribution >= 4 is 18.5 Å². The lowest BCUT2D eigenvalue weighted by Crippen LogP contribution is -1.89. The lowest BCUT2D eigenvalue weighted by Gasteiger charge is -2.07. The molecule has 1 nitrogen and oxygen atoms in total. The number of para-hydroxylation sites is 1. The second kappa shape index (κ2) is 3.79. The molecule has 1 aliphatic rings. The summed E-state index contributed by atoms with van der Waals surface area (Å²) in [5, 5.41) is 0. The van der Waals surface area contributed by atoms with E-state index in [1.165, 1.54) is 18.4 Å². The summed E-state index contributed by atoms with van der Waals surface area (Å²) < 4.78 is 0. The summed E-state index contributed by atoms with van der Waals surface area (Å²) in [6, 6.07) is 6.26. The molecule has 72 valence electrons. The van der Waals surface area contributed by atoms with Crippen LogP contribution in [0.25, 0.3) is 6.08 Å². The first-order valence-electron chi connectivity index (χ1n) is 5.06. The normalized spacial score (nSPS) is 15.1. The van der Waals surface area contributed by atoms with Gasteiger partial charge in [0.15, 0.2) is 0 Å². The third kappa shape index (κ3) is 1.77. The van der Waals surface area contributed by atoms with Crippen molar-refractivity contribution in [2.45, 2.75) is 19.3 Å². The van der Waals surface area contributed by atoms with Gasteiger partial charge in [0.05, 0.1) is 5.69 Å². The van der Waals surface area contributed by atoms with Gasteiger partial charge in [-0.05, 0) is 43.0 Å². The Morgan fingerprint density at radius 1 is 1.43 bits per heavy atom. The van der Waals surface area contributed by atoms with Crippen molar-refractivity contribution < 1.29 is 0 Å². The number of aliphatic imine (C=N–C) groups is 1. The standard InChI is InChI=1S/C13H15N/c1-3-11-5-4-6-12(13(11)14-2)9-10-7-8-10/h3-6,10H,1-2,7-9H2. The van der Waals surface area contributed by atoms with Gasteiger partial charge in [-0.25, -0.2) is 0 Å². The molecule has 0 bridgehead atoms. The fourth-order valence-corrected chi connectivity index (χ4v) is 1.77. The minimum Gasteiger partial charge on any atom is -0.264 e. The van der Waals surface area contributed by atoms with E-state index in [-0.39, 0.29) is 0 Å². The molecule has 0 atom stereocenters. The van der Waals surface area contributed by atoms with E-state index in [2.05, 4.69) is 30.4 Å². The van der Waals surface area contributed by atoms with E-state index < -0.39 is 0 Å². The average molecular weight is 185 g/mol. The molecule has 0 unspecified atom stereocenters. The first-order chi connectivity index (χ1) is 6.85. The molecule has 0 heterocycles. The molecule has 1 aromatic rings. The van der Waals surface area contributed by atoms with Gasteiger partial charge in [-0.1, -0.05) is 30.9 Å². The predicted octanol–water partition coefficient (Wildman–Crippen LogP) is 3.61. The van der Waals surface area contributed by atoms with Crippen LogP contribution in [0.5, 0.6) is 0 Å². The molecule has 1 saturated carbocycles. The van der Waals surface area contributed by atoms with E-state index in [1.54, 1.807) is 0 Å². The molecule has 14 heavy (non-hydrogen) atoms. The van der Waals surface area contributed by atoms with Crippen molar-refractivity contribution in [2.24, 2.45) is 10.9 Å². The minimum atomic E-state index is 0.885. The Morgan fingerprint density at radius 3 is 2.79 bits per heavy atom. The number of hydrogen-bond acceptors (Lipinski definition) is 1. The molecule has 0 saturated heterocycles. The van der Waals surface area contributed by atoms with Crippen LogP contribution in [-0.4, -0.2) is 6.72 Å². The molecular weight excluding hydrogens is 170 g/mol. The van der Waals surface area contributed by atoms with Crippen LogP contribution < -0.4 is 0 Å². The van der Waals surface area contributed by atoms with Crippen LogP contribution in [0.15, 0.2) is 29.8 Å². The third-order valence-electron chi connectivity index (χ3n) is 2.73. The van der Waals surface area contributed by atoms with Crippen LogP contribution in [0.1, 0.15) is 24.0 Å². The van der Waals surface area contributed by atoms with Crippen molar-refractivity contribution in [3.63, 3.8) is 0 Å². The Labute approximate surface area is 85.2 Å². The summed E-state index contributed by atoms with van der Waals surface area (Å²) in [6.45, 7) is 7.42. The zero-order valence-electron chi connectivity index (χ0n) is 8.37. The third-order valence-corrected chi connectivity index (χ3v) is 2.73. The molecule has 0 spiro atoms. The molecule has 0 aliphatic heterocycles. The Hall–Kier alpha value is -1.37. The van der Waals surface area contributed by atoms with E-state index in [1.807, 2.05) is 12.1 Å². The smallest absolute Gasteiger partial charge is 0.0726 e. The van der Waals surface area contributed by atoms with Crippen molar-refractivity contribution in [2.75, 3.05) is 0 Å². The van der Waals surface area contributed by atoms with Gasteiger partial charge >= 0.3 is 0 Å². The van der Waals surface area contributed by atoms with Gasteiger partial charge in [0.2, 0.25) is 0 Å². The Kier molecular flexibility index (Phi) is 2.49. The molecule has 0 radical (unpaired) electrons. The number of benzene rings is 1. The van der Waals surface area contributed by atoms with Crippen LogP contribution in [0, 0.1) is 5.92 Å². The van der Waals surface area contributed by atoms with E-state index in [0.29, 0.717) is 0 Å². The maximum Gasteiger partial charge on any atom is 0.0726 e. The largest absolute Gasteiger partial charge is 0.264 e. The van der Waals surface area contributed by atoms with Gasteiger partial charge < -0.3 is 0 Å². The highest BCUT2D eigenvalue weighted by Crippen LogP contribution is 2.36. The summed E-state index contributed by atoms with van der Waals surface area (Å²) in [5.74, 6) is 0.885. The van der Waals surface area contributed by atoms with Gasteiger partial charge in [0.25, 0.3) is 0 Å². The van der Waals surface area contributed by atoms with Crippen LogP contribution >= 0.6 is 0 Å². The van der Waals surface area contributed by atoms with Gasteiger partial charge in [-0.2, -0.15) is 0 Å². The fraction of sp³-hybridized carbons (Fsp3) is 0.308. The van der Waals surface area contributed by atoms with Crippen LogP contribution in [0.3, 0.4) is 0 Å². The Balaban J connectivity index is 2.35. The summed E-state index contributed by atoms with van der Waals surface area (Å²) in [6.07, 6.45) is 5.74. The number of hydrogen-bond donors (Lipinski definition) is 0. The average Bonchev–Trinajstić information content (AvgIpc) is 3.01. The van der Waals surface area contributed by atoms with Crippen LogP contribution in [-0.2, 0) is 6.42 Å². The lowest BCUT2D eigenvalue weighted by atomic mass is 10.0. The molecule has 1 aromatic carbocycles. The zero-order chi connectivity index (χ0) is 9.97. The van der Waals surface area contributed by atoms with E-state index in [0.717, 1.165) is 23.6 Å². The van der Waals surface area contributed by atoms with Gasteiger partial charge in [0, 0.05) is 0 Å². The zero-order valence-corrected chi connectivity index (χ0v) is 8.37. The quantitative estimate of drug-likeness (QED) is 0.635. The molecule has 1 heteroatoms. The van der Waals surface area contributed by atoms with Crippen molar-refractivity contribution in [1.82, 2.24) is 0 Å². The van der Waals surface area contributed by atoms with Gasteiger partial charge in [-0.3, -0.25) is 4.99 Å². The number of rotatable bonds is 4. The van der Waals surface area contributed by atoms with Crippen molar-refractivity contribution in [1.29, 1.82) is 0 Å². The Bertz CT molecular complexity index is 361. The summed E-state index contributed by atoms with van der Waals surface area (Å²) in [5.41, 5.74) is 3.44. The molecule has 2 rings (SSSR count). The molecule has 1 fully saturated rings. The molecule has 0 aromatic heterocycles. The topological polar surface area (TPSA) is 12.4 Å². The highest BCUT2D eigenvalue weighted by Gasteiger charge is 2.22. The monoisotopic (exact) mass is 185 g/mol. The highest BCUT2D eigenvalue weighted by molar-refractivity contribution is 5.68. The first kappa shape index (κ1) is 9.20. The lowest BCUT2D eigenvalue weighted by molar-refractivity contribution is 0.833. The van der Waals surface area contributed by atoms with E-state index in [9.17, 15) is 0 Å². The first-order valence-corrected chi connectivity index (χ1v) is 5.06. The van der Waals surface area contributed by atoms with E-state index in [4.69, 9.17) is 0 Å². The summed E-state index contributed by atoms with van der Waals surface area (Å²) in [4.78, 5) is 4.10. The second-order valence-electron chi connectivity index (χ2n) is 3.86. The Morgan fingerprint density at radius 2 is 2.21 bits per heavy atom. The van der Waals surface area contributed by atoms with Crippen LogP contribution in [0.2, 0.25) is 0 Å². The SMILES string of the molecule is C=Cc1cccc(CC2CC2)c1N=C. The van der Waals surface area contributed by atoms with E-state index >= 15 is 0 Å². The molecular formula is C13H15N. The maximum atomic E-state index is 4.10. The van der Waals surface area contributed by atoms with Crippen LogP contribution in [0.4, 0.5) is 5.69 Å². The highest BCUT2D eigenvalue weighted by atomic mass is 14.7. The predicted molar refractivity (Wildman–Crippen MR) is 62.2 cm³/mol. The summed E-state index contributed by atoms with van der Waals surface area (Å²) in [7, 11) is 0. The summed E-state index contributed by atoms with van der Waals surface area (Å²) >= 11 is 0. The second-order valence-corrected chi connectivity index (χ2v) is 3.86. The minimum absolute atomic E-state index is 0.885. The van der Waals surface area contributed by atoms with Crippen molar-refractivity contribution in [3.8, 4) is 0 Å². The van der Waals surface area contributed by atoms with Gasteiger partial charge in [-0.15, -0.1) is 0 Å². The van der Waals surface area contributed by atoms with Gasteiger partial charge in [0.1, 0.15) is 0 Å². The molecule has 0 N–H and O–H groups in total. The number of nitrogens with zero attached hydrogens (tertiary/aromatic N) is 1. The maximum absolute atomic E-state index is 4.10.